The molecule has 0 amide bonds. The molecule has 8 nitrogen and oxygen atoms in total. The fourth-order valence-electron chi connectivity index (χ4n) is 2.55. The van der Waals surface area contributed by atoms with Crippen LogP contribution in [-0.4, -0.2) is 41.6 Å². The topological polar surface area (TPSA) is 88.8 Å². The van der Waals surface area contributed by atoms with Gasteiger partial charge in [0.15, 0.2) is 6.61 Å². The van der Waals surface area contributed by atoms with Crippen molar-refractivity contribution in [1.82, 2.24) is 9.13 Å². The summed E-state index contributed by atoms with van der Waals surface area (Å²) in [6.45, 7) is -2.52. The Morgan fingerprint density at radius 3 is 2.29 bits per heavy atom. The minimum atomic E-state index is -5.04. The van der Waals surface area contributed by atoms with Gasteiger partial charge in [0, 0.05) is 19.2 Å². The van der Waals surface area contributed by atoms with Crippen LogP contribution < -0.4 is 16.0 Å². The zero-order valence-corrected chi connectivity index (χ0v) is 18.3. The standard InChI is InChI=1S/C19H14ClF7N2O6/c1-28-14(19(25,26)27)6-15(30)29(17(28)32)12-5-13(10(20)4-11(12)21)34-7-9(33-2)3-16(31)35-8-18(22,23)24/h3-6H,7-8H2,1-2H3/b9-3+. The van der Waals surface area contributed by atoms with Crippen molar-refractivity contribution in [1.29, 1.82) is 0 Å². The van der Waals surface area contributed by atoms with E-state index in [0.29, 0.717) is 12.1 Å². The molecule has 0 atom stereocenters. The summed E-state index contributed by atoms with van der Waals surface area (Å²) in [7, 11) is 1.76. The van der Waals surface area contributed by atoms with E-state index in [9.17, 15) is 45.1 Å². The zero-order valence-electron chi connectivity index (χ0n) is 17.6. The van der Waals surface area contributed by atoms with Crippen LogP contribution in [0.4, 0.5) is 30.7 Å². The van der Waals surface area contributed by atoms with Crippen LogP contribution in [0.3, 0.4) is 0 Å². The first-order valence-corrected chi connectivity index (χ1v) is 9.43. The average molecular weight is 535 g/mol. The molecule has 16 heteroatoms. The van der Waals surface area contributed by atoms with Gasteiger partial charge in [-0.05, 0) is 6.07 Å². The molecule has 0 aliphatic heterocycles. The lowest BCUT2D eigenvalue weighted by atomic mass is 10.2. The van der Waals surface area contributed by atoms with E-state index in [4.69, 9.17) is 21.1 Å². The smallest absolute Gasteiger partial charge is 0.431 e. The Hall–Kier alpha value is -3.49. The number of carbonyl (C=O) groups excluding carboxylic acids is 1. The predicted molar refractivity (Wildman–Crippen MR) is 105 cm³/mol. The second-order valence-corrected chi connectivity index (χ2v) is 7.01. The number of nitrogens with zero attached hydrogens (tertiary/aromatic N) is 2. The van der Waals surface area contributed by atoms with Crippen molar-refractivity contribution in [3.05, 3.63) is 67.4 Å². The molecule has 0 spiro atoms. The first kappa shape index (κ1) is 27.8. The molecule has 192 valence electrons. The highest BCUT2D eigenvalue weighted by Gasteiger charge is 2.35. The largest absolute Gasteiger partial charge is 0.497 e. The Bertz CT molecular complexity index is 1260. The number of hydrogen-bond acceptors (Lipinski definition) is 6. The quantitative estimate of drug-likeness (QED) is 0.234. The van der Waals surface area contributed by atoms with Crippen LogP contribution in [0.15, 0.2) is 39.6 Å². The number of carbonyl (C=O) groups is 1. The van der Waals surface area contributed by atoms with Gasteiger partial charge < -0.3 is 14.2 Å². The van der Waals surface area contributed by atoms with Gasteiger partial charge in [0.2, 0.25) is 0 Å². The molecular weight excluding hydrogens is 521 g/mol. The van der Waals surface area contributed by atoms with E-state index in [2.05, 4.69) is 4.74 Å². The molecule has 1 aromatic heterocycles. The van der Waals surface area contributed by atoms with Gasteiger partial charge >= 0.3 is 24.0 Å². The number of methoxy groups -OCH3 is 1. The molecule has 0 aliphatic rings. The maximum Gasteiger partial charge on any atom is 0.431 e. The van der Waals surface area contributed by atoms with Crippen molar-refractivity contribution in [2.24, 2.45) is 7.05 Å². The summed E-state index contributed by atoms with van der Waals surface area (Å²) in [6.07, 6.45) is -9.28. The lowest BCUT2D eigenvalue weighted by Gasteiger charge is -2.16. The second kappa shape index (κ2) is 10.4. The summed E-state index contributed by atoms with van der Waals surface area (Å²) in [5.74, 6) is -3.46. The normalized spacial score (nSPS) is 12.5. The monoisotopic (exact) mass is 534 g/mol. The maximum absolute atomic E-state index is 14.5. The summed E-state index contributed by atoms with van der Waals surface area (Å²) in [5, 5.41) is -0.418. The lowest BCUT2D eigenvalue weighted by molar-refractivity contribution is -0.182. The fraction of sp³-hybridized carbons (Fsp3) is 0.316. The molecule has 0 unspecified atom stereocenters. The number of hydrogen-bond donors (Lipinski definition) is 0. The number of ether oxygens (including phenoxy) is 3. The van der Waals surface area contributed by atoms with Gasteiger partial charge in [-0.1, -0.05) is 11.6 Å². The third-order valence-corrected chi connectivity index (χ3v) is 4.44. The maximum atomic E-state index is 14.5. The Kier molecular flexibility index (Phi) is 8.26. The summed E-state index contributed by atoms with van der Waals surface area (Å²) >= 11 is 5.86. The molecule has 0 bridgehead atoms. The highest BCUT2D eigenvalue weighted by Crippen LogP contribution is 2.30. The van der Waals surface area contributed by atoms with Gasteiger partial charge in [-0.2, -0.15) is 26.3 Å². The third kappa shape index (κ3) is 7.00. The van der Waals surface area contributed by atoms with Crippen LogP contribution in [0.5, 0.6) is 5.75 Å². The molecular formula is C19H14ClF7N2O6. The van der Waals surface area contributed by atoms with E-state index in [1.54, 1.807) is 0 Å². The van der Waals surface area contributed by atoms with E-state index in [1.807, 2.05) is 0 Å². The predicted octanol–water partition coefficient (Wildman–Crippen LogP) is 3.36. The summed E-state index contributed by atoms with van der Waals surface area (Å²) in [5.41, 5.74) is -5.41. The summed E-state index contributed by atoms with van der Waals surface area (Å²) < 4.78 is 104. The number of aromatic nitrogens is 2. The fourth-order valence-corrected chi connectivity index (χ4v) is 2.76. The van der Waals surface area contributed by atoms with Crippen LogP contribution in [0.25, 0.3) is 5.69 Å². The van der Waals surface area contributed by atoms with Crippen molar-refractivity contribution < 1.29 is 49.7 Å². The Morgan fingerprint density at radius 2 is 1.74 bits per heavy atom. The van der Waals surface area contributed by atoms with Crippen LogP contribution in [0, 0.1) is 5.82 Å². The van der Waals surface area contributed by atoms with Crippen molar-refractivity contribution in [3.8, 4) is 11.4 Å². The molecule has 2 aromatic rings. The Morgan fingerprint density at radius 1 is 1.11 bits per heavy atom. The molecule has 0 N–H and O–H groups in total. The first-order valence-electron chi connectivity index (χ1n) is 9.05. The van der Waals surface area contributed by atoms with Crippen molar-refractivity contribution in [2.75, 3.05) is 20.3 Å². The number of rotatable bonds is 7. The minimum absolute atomic E-state index is 0.0916. The molecule has 0 aliphatic carbocycles. The van der Waals surface area contributed by atoms with Gasteiger partial charge in [-0.15, -0.1) is 0 Å². The summed E-state index contributed by atoms with van der Waals surface area (Å²) in [4.78, 5) is 36.1. The molecule has 35 heavy (non-hydrogen) atoms. The van der Waals surface area contributed by atoms with Gasteiger partial charge in [-0.3, -0.25) is 9.36 Å². The van der Waals surface area contributed by atoms with E-state index >= 15 is 0 Å². The molecule has 2 rings (SSSR count). The first-order chi connectivity index (χ1) is 16.0. The van der Waals surface area contributed by atoms with Crippen LogP contribution in [0.2, 0.25) is 5.02 Å². The van der Waals surface area contributed by atoms with E-state index in [0.717, 1.165) is 20.2 Å². The van der Waals surface area contributed by atoms with E-state index in [-0.39, 0.29) is 21.0 Å². The van der Waals surface area contributed by atoms with Gasteiger partial charge in [0.25, 0.3) is 5.56 Å². The Labute approximate surface area is 195 Å². The van der Waals surface area contributed by atoms with Crippen LogP contribution in [0.1, 0.15) is 5.69 Å². The molecule has 0 saturated carbocycles. The number of benzene rings is 1. The third-order valence-electron chi connectivity index (χ3n) is 4.14. The molecule has 0 radical (unpaired) electrons. The van der Waals surface area contributed by atoms with Gasteiger partial charge in [-0.25, -0.2) is 18.5 Å². The molecule has 0 fully saturated rings. The van der Waals surface area contributed by atoms with Crippen molar-refractivity contribution >= 4 is 17.6 Å². The van der Waals surface area contributed by atoms with Crippen molar-refractivity contribution in [2.45, 2.75) is 12.4 Å². The van der Waals surface area contributed by atoms with Crippen molar-refractivity contribution in [3.63, 3.8) is 0 Å². The Balaban J connectivity index is 2.40. The number of esters is 1. The van der Waals surface area contributed by atoms with Gasteiger partial charge in [0.05, 0.1) is 23.9 Å². The summed E-state index contributed by atoms with van der Waals surface area (Å²) in [6, 6.07) is 1.42. The minimum Gasteiger partial charge on any atom is -0.497 e. The highest BCUT2D eigenvalue weighted by molar-refractivity contribution is 6.32. The van der Waals surface area contributed by atoms with E-state index in [1.165, 1.54) is 0 Å². The lowest BCUT2D eigenvalue weighted by Crippen LogP contribution is -2.41. The van der Waals surface area contributed by atoms with E-state index < -0.39 is 70.8 Å². The average Bonchev–Trinajstić information content (AvgIpc) is 2.73. The van der Waals surface area contributed by atoms with Gasteiger partial charge in [0.1, 0.15) is 29.6 Å². The van der Waals surface area contributed by atoms with Crippen LogP contribution in [-0.2, 0) is 27.5 Å². The van der Waals surface area contributed by atoms with Crippen LogP contribution >= 0.6 is 11.6 Å². The SMILES string of the molecule is CO/C(=C/C(=O)OCC(F)(F)F)COc1cc(-n2c(=O)cc(C(F)(F)F)n(C)c2=O)c(F)cc1Cl. The zero-order chi connectivity index (χ0) is 26.7. The number of alkyl halides is 6. The number of halogens is 8. The molecule has 0 saturated heterocycles. The molecule has 1 heterocycles. The highest BCUT2D eigenvalue weighted by atomic mass is 35.5. The molecule has 1 aromatic carbocycles. The second-order valence-electron chi connectivity index (χ2n) is 6.60.